The van der Waals surface area contributed by atoms with Crippen molar-refractivity contribution >= 4 is 57.0 Å². The molecular weight excluding hydrogens is 394 g/mol. The van der Waals surface area contributed by atoms with Gasteiger partial charge in [-0.05, 0) is 6.08 Å². The maximum absolute atomic E-state index is 12.1. The number of rotatable bonds is 6. The van der Waals surface area contributed by atoms with Gasteiger partial charge in [-0.2, -0.15) is 0 Å². The van der Waals surface area contributed by atoms with Gasteiger partial charge in [0.15, 0.2) is 0 Å². The van der Waals surface area contributed by atoms with Gasteiger partial charge in [0, 0.05) is 5.75 Å². The first kappa shape index (κ1) is 17.5. The molecule has 23 heavy (non-hydrogen) atoms. The van der Waals surface area contributed by atoms with Crippen LogP contribution in [-0.4, -0.2) is 68.9 Å². The lowest BCUT2D eigenvalue weighted by Crippen LogP contribution is -2.70. The third-order valence-corrected chi connectivity index (χ3v) is 4.83. The van der Waals surface area contributed by atoms with Crippen LogP contribution in [0.3, 0.4) is 0 Å². The summed E-state index contributed by atoms with van der Waals surface area (Å²) < 4.78 is 0. The zero-order chi connectivity index (χ0) is 17.1. The number of carbonyl (C=O) groups excluding carboxylic acids is 3. The highest BCUT2D eigenvalue weighted by Crippen LogP contribution is 2.37. The Morgan fingerprint density at radius 3 is 2.83 bits per heavy atom. The smallest absolute Gasteiger partial charge is 0.352 e. The number of nitrogens with one attached hydrogen (secondary N) is 1. The summed E-state index contributed by atoms with van der Waals surface area (Å²) in [5, 5.41) is 14.2. The number of ketones is 1. The average Bonchev–Trinajstić information content (AvgIpc) is 2.55. The Morgan fingerprint density at radius 2 is 2.26 bits per heavy atom. The largest absolute Gasteiger partial charge is 0.477 e. The molecule has 9 nitrogen and oxygen atoms in total. The van der Waals surface area contributed by atoms with E-state index in [1.807, 2.05) is 0 Å². The number of carboxylic acids is 1. The Kier molecular flexibility index (Phi) is 5.42. The van der Waals surface area contributed by atoms with Gasteiger partial charge in [0.2, 0.25) is 11.5 Å². The summed E-state index contributed by atoms with van der Waals surface area (Å²) in [6.45, 7) is 0. The first-order valence-electron chi connectivity index (χ1n) is 6.31. The Balaban J connectivity index is 2.11. The van der Waals surface area contributed by atoms with Gasteiger partial charge < -0.3 is 15.3 Å². The molecule has 2 amide bonds. The third kappa shape index (κ3) is 3.24. The molecule has 1 saturated heterocycles. The van der Waals surface area contributed by atoms with Gasteiger partial charge in [-0.15, -0.1) is 11.8 Å². The maximum atomic E-state index is 12.1. The molecule has 0 aromatic heterocycles. The molecule has 0 radical (unpaired) electrons. The Bertz CT molecular complexity index is 634. The minimum absolute atomic E-state index is 0.105. The highest BCUT2D eigenvalue weighted by molar-refractivity contribution is 9.09. The number of thioether (sulfide) groups is 1. The molecule has 2 heterocycles. The predicted octanol–water partition coefficient (Wildman–Crippen LogP) is -0.679. The molecule has 0 aromatic rings. The van der Waals surface area contributed by atoms with Crippen molar-refractivity contribution in [3.05, 3.63) is 11.8 Å². The molecule has 0 aromatic carbocycles. The zero-order valence-electron chi connectivity index (χ0n) is 11.8. The van der Waals surface area contributed by atoms with E-state index in [1.54, 1.807) is 0 Å². The predicted molar refractivity (Wildman–Crippen MR) is 84.0 cm³/mol. The van der Waals surface area contributed by atoms with Gasteiger partial charge in [-0.25, -0.2) is 4.79 Å². The molecular formula is C12H12BrN3O6S. The molecule has 2 aliphatic rings. The van der Waals surface area contributed by atoms with Crippen molar-refractivity contribution in [2.75, 3.05) is 18.2 Å². The lowest BCUT2D eigenvalue weighted by Gasteiger charge is -2.48. The number of amides is 2. The fourth-order valence-electron chi connectivity index (χ4n) is 2.12. The van der Waals surface area contributed by atoms with E-state index in [0.29, 0.717) is 5.75 Å². The monoisotopic (exact) mass is 405 g/mol. The van der Waals surface area contributed by atoms with Gasteiger partial charge in [-0.3, -0.25) is 19.3 Å². The van der Waals surface area contributed by atoms with Crippen LogP contribution >= 0.6 is 27.7 Å². The molecule has 2 N–H and O–H groups in total. The van der Waals surface area contributed by atoms with Crippen LogP contribution < -0.4 is 5.32 Å². The average molecular weight is 406 g/mol. The number of nitrogens with zero attached hydrogens (tertiary/aromatic N) is 2. The van der Waals surface area contributed by atoms with Gasteiger partial charge in [0.05, 0.1) is 5.33 Å². The number of hydrogen-bond donors (Lipinski definition) is 2. The lowest BCUT2D eigenvalue weighted by molar-refractivity contribution is -0.150. The third-order valence-electron chi connectivity index (χ3n) is 3.14. The highest BCUT2D eigenvalue weighted by atomic mass is 79.9. The normalized spacial score (nSPS) is 23.4. The number of carbonyl (C=O) groups is 4. The van der Waals surface area contributed by atoms with Crippen molar-refractivity contribution in [3.63, 3.8) is 0 Å². The van der Waals surface area contributed by atoms with E-state index in [0.717, 1.165) is 4.90 Å². The zero-order valence-corrected chi connectivity index (χ0v) is 14.2. The summed E-state index contributed by atoms with van der Waals surface area (Å²) in [6, 6.07) is -0.916. The van der Waals surface area contributed by atoms with Crippen molar-refractivity contribution in [3.8, 4) is 0 Å². The first-order chi connectivity index (χ1) is 10.9. The van der Waals surface area contributed by atoms with Gasteiger partial charge in [0.1, 0.15) is 24.2 Å². The fourth-order valence-corrected chi connectivity index (χ4v) is 3.58. The molecule has 2 aliphatic heterocycles. The molecule has 11 heteroatoms. The minimum atomic E-state index is -1.20. The van der Waals surface area contributed by atoms with Crippen molar-refractivity contribution in [1.29, 1.82) is 0 Å². The number of alkyl halides is 1. The molecule has 2 rings (SSSR count). The van der Waals surface area contributed by atoms with Crippen LogP contribution in [0.5, 0.6) is 0 Å². The number of fused-ring (bicyclic) bond motifs is 1. The standard InChI is InChI=1S/C12H12BrN3O6S/c1-22-15-7(6(17)4-13)9(18)14-8-10(19)16-5(12(20)21)2-3-23-11(8)16/h2,8,11H,3-4H2,1H3,(H,14,18)(H,20,21)/t8?,11-/m1/s1. The van der Waals surface area contributed by atoms with Crippen molar-refractivity contribution in [1.82, 2.24) is 10.2 Å². The molecule has 0 bridgehead atoms. The number of Topliss-reactive ketones (excluding diaryl/α,β-unsaturated/α-hetero) is 1. The van der Waals surface area contributed by atoms with E-state index >= 15 is 0 Å². The number of β-lactam (4-membered cyclic amide) rings is 1. The van der Waals surface area contributed by atoms with Crippen molar-refractivity contribution in [2.45, 2.75) is 11.4 Å². The molecule has 0 spiro atoms. The summed E-state index contributed by atoms with van der Waals surface area (Å²) >= 11 is 4.24. The number of halogens is 1. The molecule has 0 saturated carbocycles. The molecule has 2 atom stereocenters. The Morgan fingerprint density at radius 1 is 1.57 bits per heavy atom. The van der Waals surface area contributed by atoms with E-state index in [1.165, 1.54) is 24.9 Å². The Hall–Kier alpha value is -1.88. The van der Waals surface area contributed by atoms with Crippen LogP contribution in [0.25, 0.3) is 0 Å². The summed E-state index contributed by atoms with van der Waals surface area (Å²) in [5.41, 5.74) is -0.572. The maximum Gasteiger partial charge on any atom is 0.352 e. The van der Waals surface area contributed by atoms with Crippen molar-refractivity contribution in [2.24, 2.45) is 5.16 Å². The van der Waals surface area contributed by atoms with Crippen LogP contribution in [0.1, 0.15) is 0 Å². The summed E-state index contributed by atoms with van der Waals surface area (Å²) in [5.74, 6) is -2.80. The van der Waals surface area contributed by atoms with Crippen LogP contribution in [0, 0.1) is 0 Å². The number of carboxylic acid groups (broad SMARTS) is 1. The summed E-state index contributed by atoms with van der Waals surface area (Å²) in [6.07, 6.45) is 1.44. The second-order valence-electron chi connectivity index (χ2n) is 4.46. The van der Waals surface area contributed by atoms with Crippen LogP contribution in [0.2, 0.25) is 0 Å². The van der Waals surface area contributed by atoms with Gasteiger partial charge in [0.25, 0.3) is 11.8 Å². The topological polar surface area (TPSA) is 125 Å². The fraction of sp³-hybridized carbons (Fsp3) is 0.417. The van der Waals surface area contributed by atoms with Crippen LogP contribution in [0.4, 0.5) is 0 Å². The van der Waals surface area contributed by atoms with Crippen LogP contribution in [0.15, 0.2) is 16.9 Å². The molecule has 1 fully saturated rings. The van der Waals surface area contributed by atoms with Crippen LogP contribution in [-0.2, 0) is 24.0 Å². The lowest BCUT2D eigenvalue weighted by atomic mass is 10.0. The van der Waals surface area contributed by atoms with E-state index in [4.69, 9.17) is 5.11 Å². The van der Waals surface area contributed by atoms with E-state index in [2.05, 4.69) is 31.2 Å². The minimum Gasteiger partial charge on any atom is -0.477 e. The quantitative estimate of drug-likeness (QED) is 0.197. The van der Waals surface area contributed by atoms with E-state index in [9.17, 15) is 19.2 Å². The van der Waals surface area contributed by atoms with Gasteiger partial charge in [-0.1, -0.05) is 21.1 Å². The highest BCUT2D eigenvalue weighted by Gasteiger charge is 2.53. The van der Waals surface area contributed by atoms with E-state index < -0.39 is 40.7 Å². The van der Waals surface area contributed by atoms with Gasteiger partial charge >= 0.3 is 5.97 Å². The number of oxime groups is 1. The van der Waals surface area contributed by atoms with E-state index in [-0.39, 0.29) is 11.0 Å². The number of aliphatic carboxylic acids is 1. The SMILES string of the molecule is CON=C(C(=O)CBr)C(=O)NC1C(=O)N2C(C(=O)O)=CCS[C@H]12. The van der Waals surface area contributed by atoms with Crippen molar-refractivity contribution < 1.29 is 29.1 Å². The second-order valence-corrected chi connectivity index (χ2v) is 6.17. The summed E-state index contributed by atoms with van der Waals surface area (Å²) in [7, 11) is 1.19. The molecule has 124 valence electrons. The second kappa shape index (κ2) is 7.13. The summed E-state index contributed by atoms with van der Waals surface area (Å²) in [4.78, 5) is 52.5. The molecule has 0 aliphatic carbocycles. The first-order valence-corrected chi connectivity index (χ1v) is 8.48. The Labute approximate surface area is 143 Å². The molecule has 1 unspecified atom stereocenters. The number of hydrogen-bond acceptors (Lipinski definition) is 7.